The van der Waals surface area contributed by atoms with E-state index in [1.807, 2.05) is 54.7 Å². The first-order chi connectivity index (χ1) is 19.6. The molecular weight excluding hydrogens is 529 g/mol. The monoisotopic (exact) mass is 557 g/mol. The molecule has 0 fully saturated rings. The molecule has 3 aromatic heterocycles. The third-order valence-corrected chi connectivity index (χ3v) is 7.13. The molecule has 0 saturated heterocycles. The normalized spacial score (nSPS) is 10.9. The summed E-state index contributed by atoms with van der Waals surface area (Å²) in [5.41, 5.74) is 3.91. The molecule has 0 saturated carbocycles. The van der Waals surface area contributed by atoms with Gasteiger partial charge in [-0.25, -0.2) is 9.18 Å². The number of anilines is 1. The number of methoxy groups -OCH3 is 1. The molecule has 40 heavy (non-hydrogen) atoms. The number of carbonyl (C=O) groups is 1. The van der Waals surface area contributed by atoms with Crippen LogP contribution < -0.4 is 20.7 Å². The molecular formula is C30H28FN5O3S. The van der Waals surface area contributed by atoms with Crippen LogP contribution in [0.5, 0.6) is 11.5 Å². The smallest absolute Gasteiger partial charge is 0.319 e. The highest BCUT2D eigenvalue weighted by atomic mass is 32.1. The number of halogens is 1. The zero-order chi connectivity index (χ0) is 27.7. The summed E-state index contributed by atoms with van der Waals surface area (Å²) in [4.78, 5) is 22.2. The van der Waals surface area contributed by atoms with Crippen molar-refractivity contribution in [2.75, 3.05) is 25.6 Å². The standard InChI is InChI=1S/C30H28FN5O3S/c1-38-14-13-32-17-21-7-9-24(34-19-21)28-16-25-29(40-28)27(11-12-33-25)39-26-10-8-22(15-23(26)31)36-30(37)35-18-20-5-3-2-4-6-20/h2-12,15-16,19,32H,13-14,17-18H2,1H3,(H2,35,36,37). The Morgan fingerprint density at radius 2 is 1.82 bits per heavy atom. The molecule has 0 aliphatic heterocycles. The number of pyridine rings is 2. The van der Waals surface area contributed by atoms with Crippen molar-refractivity contribution in [2.24, 2.45) is 0 Å². The van der Waals surface area contributed by atoms with Crippen LogP contribution in [0, 0.1) is 5.82 Å². The summed E-state index contributed by atoms with van der Waals surface area (Å²) in [5, 5.41) is 8.70. The van der Waals surface area contributed by atoms with Gasteiger partial charge in [-0.3, -0.25) is 9.97 Å². The third-order valence-electron chi connectivity index (χ3n) is 5.97. The highest BCUT2D eigenvalue weighted by Crippen LogP contribution is 2.39. The number of urea groups is 1. The van der Waals surface area contributed by atoms with Gasteiger partial charge in [0.25, 0.3) is 0 Å². The van der Waals surface area contributed by atoms with Crippen molar-refractivity contribution in [1.29, 1.82) is 0 Å². The molecule has 0 aliphatic rings. The molecule has 0 bridgehead atoms. The van der Waals surface area contributed by atoms with E-state index in [0.29, 0.717) is 31.1 Å². The Morgan fingerprint density at radius 3 is 2.60 bits per heavy atom. The maximum Gasteiger partial charge on any atom is 0.319 e. The fourth-order valence-electron chi connectivity index (χ4n) is 3.94. The SMILES string of the molecule is COCCNCc1ccc(-c2cc3nccc(Oc4ccc(NC(=O)NCc5ccccc5)cc4F)c3s2)nc1. The Hall–Kier alpha value is -4.38. The molecule has 0 unspecified atom stereocenters. The van der Waals surface area contributed by atoms with Crippen molar-refractivity contribution in [3.05, 3.63) is 102 Å². The molecule has 8 nitrogen and oxygen atoms in total. The summed E-state index contributed by atoms with van der Waals surface area (Å²) in [6.07, 6.45) is 3.47. The predicted molar refractivity (Wildman–Crippen MR) is 155 cm³/mol. The summed E-state index contributed by atoms with van der Waals surface area (Å²) in [6, 6.07) is 21.1. The van der Waals surface area contributed by atoms with E-state index in [0.717, 1.165) is 38.5 Å². The van der Waals surface area contributed by atoms with Crippen molar-refractivity contribution >= 4 is 33.3 Å². The molecule has 10 heteroatoms. The Balaban J connectivity index is 1.24. The summed E-state index contributed by atoms with van der Waals surface area (Å²) in [6.45, 7) is 2.50. The van der Waals surface area contributed by atoms with Crippen LogP contribution in [0.25, 0.3) is 20.8 Å². The van der Waals surface area contributed by atoms with Gasteiger partial charge in [0.15, 0.2) is 11.6 Å². The summed E-state index contributed by atoms with van der Waals surface area (Å²) in [7, 11) is 1.68. The minimum absolute atomic E-state index is 0.0427. The number of amides is 2. The lowest BCUT2D eigenvalue weighted by Crippen LogP contribution is -2.28. The van der Waals surface area contributed by atoms with Crippen LogP contribution >= 0.6 is 11.3 Å². The van der Waals surface area contributed by atoms with Crippen LogP contribution in [0.2, 0.25) is 0 Å². The molecule has 0 aliphatic carbocycles. The van der Waals surface area contributed by atoms with Crippen LogP contribution in [-0.4, -0.2) is 36.3 Å². The maximum atomic E-state index is 14.9. The first-order valence-electron chi connectivity index (χ1n) is 12.7. The van der Waals surface area contributed by atoms with E-state index in [-0.39, 0.29) is 5.75 Å². The van der Waals surface area contributed by atoms with E-state index in [2.05, 4.69) is 25.9 Å². The molecule has 0 radical (unpaired) electrons. The van der Waals surface area contributed by atoms with Gasteiger partial charge in [-0.1, -0.05) is 36.4 Å². The lowest BCUT2D eigenvalue weighted by molar-refractivity contribution is 0.199. The van der Waals surface area contributed by atoms with E-state index in [9.17, 15) is 9.18 Å². The third kappa shape index (κ3) is 6.97. The van der Waals surface area contributed by atoms with Gasteiger partial charge in [0.05, 0.1) is 27.4 Å². The lowest BCUT2D eigenvalue weighted by Gasteiger charge is -2.11. The fourth-order valence-corrected chi connectivity index (χ4v) is 4.98. The molecule has 5 rings (SSSR count). The van der Waals surface area contributed by atoms with Gasteiger partial charge in [0.2, 0.25) is 0 Å². The second kappa shape index (κ2) is 13.1. The van der Waals surface area contributed by atoms with Gasteiger partial charge in [-0.05, 0) is 35.4 Å². The first-order valence-corrected chi connectivity index (χ1v) is 13.5. The Bertz CT molecular complexity index is 1580. The van der Waals surface area contributed by atoms with E-state index >= 15 is 0 Å². The molecule has 0 atom stereocenters. The Labute approximate surface area is 235 Å². The average molecular weight is 558 g/mol. The summed E-state index contributed by atoms with van der Waals surface area (Å²) >= 11 is 1.48. The van der Waals surface area contributed by atoms with Crippen molar-refractivity contribution in [2.45, 2.75) is 13.1 Å². The number of hydrogen-bond acceptors (Lipinski definition) is 7. The van der Waals surface area contributed by atoms with E-state index in [1.165, 1.54) is 23.5 Å². The van der Waals surface area contributed by atoms with Gasteiger partial charge in [0, 0.05) is 57.0 Å². The summed E-state index contributed by atoms with van der Waals surface area (Å²) in [5.74, 6) is -0.0689. The van der Waals surface area contributed by atoms with Gasteiger partial charge in [-0.2, -0.15) is 0 Å². The number of benzene rings is 2. The maximum absolute atomic E-state index is 14.9. The van der Waals surface area contributed by atoms with Gasteiger partial charge >= 0.3 is 6.03 Å². The van der Waals surface area contributed by atoms with E-state index < -0.39 is 11.8 Å². The highest BCUT2D eigenvalue weighted by molar-refractivity contribution is 7.22. The van der Waals surface area contributed by atoms with Gasteiger partial charge in [-0.15, -0.1) is 11.3 Å². The number of aromatic nitrogens is 2. The van der Waals surface area contributed by atoms with E-state index in [1.54, 1.807) is 25.4 Å². The fraction of sp³-hybridized carbons (Fsp3) is 0.167. The van der Waals surface area contributed by atoms with Gasteiger partial charge in [0.1, 0.15) is 5.75 Å². The summed E-state index contributed by atoms with van der Waals surface area (Å²) < 4.78 is 26.7. The number of nitrogens with zero attached hydrogens (tertiary/aromatic N) is 2. The number of thiophene rings is 1. The number of ether oxygens (including phenoxy) is 2. The Kier molecular flexibility index (Phi) is 8.92. The van der Waals surface area contributed by atoms with Crippen LogP contribution in [0.3, 0.4) is 0 Å². The van der Waals surface area contributed by atoms with Crippen LogP contribution in [0.15, 0.2) is 85.2 Å². The quantitative estimate of drug-likeness (QED) is 0.164. The van der Waals surface area contributed by atoms with E-state index in [4.69, 9.17) is 9.47 Å². The zero-order valence-electron chi connectivity index (χ0n) is 21.8. The molecule has 2 aromatic carbocycles. The zero-order valence-corrected chi connectivity index (χ0v) is 22.6. The number of nitrogens with one attached hydrogen (secondary N) is 3. The average Bonchev–Trinajstić information content (AvgIpc) is 3.42. The van der Waals surface area contributed by atoms with Gasteiger partial charge < -0.3 is 25.4 Å². The molecule has 5 aromatic rings. The number of rotatable bonds is 11. The largest absolute Gasteiger partial charge is 0.453 e. The second-order valence-electron chi connectivity index (χ2n) is 8.90. The van der Waals surface area contributed by atoms with Crippen LogP contribution in [0.1, 0.15) is 11.1 Å². The molecule has 3 N–H and O–H groups in total. The minimum atomic E-state index is -0.598. The van der Waals surface area contributed by atoms with Crippen molar-refractivity contribution in [1.82, 2.24) is 20.6 Å². The predicted octanol–water partition coefficient (Wildman–Crippen LogP) is 6.35. The minimum Gasteiger partial charge on any atom is -0.453 e. The highest BCUT2D eigenvalue weighted by Gasteiger charge is 2.14. The molecule has 204 valence electrons. The number of carbonyl (C=O) groups excluding carboxylic acids is 1. The van der Waals surface area contributed by atoms with Crippen LogP contribution in [-0.2, 0) is 17.8 Å². The topological polar surface area (TPSA) is 97.4 Å². The number of hydrogen-bond donors (Lipinski definition) is 3. The molecule has 3 heterocycles. The number of fused-ring (bicyclic) bond motifs is 1. The first kappa shape index (κ1) is 27.2. The molecule has 2 amide bonds. The van der Waals surface area contributed by atoms with Crippen molar-refractivity contribution in [3.63, 3.8) is 0 Å². The molecule has 0 spiro atoms. The van der Waals surface area contributed by atoms with Crippen LogP contribution in [0.4, 0.5) is 14.9 Å². The lowest BCUT2D eigenvalue weighted by atomic mass is 10.2. The Morgan fingerprint density at radius 1 is 0.950 bits per heavy atom. The van der Waals surface area contributed by atoms with Crippen molar-refractivity contribution < 1.29 is 18.7 Å². The second-order valence-corrected chi connectivity index (χ2v) is 9.95. The van der Waals surface area contributed by atoms with Crippen molar-refractivity contribution in [3.8, 4) is 22.1 Å².